The number of likely N-dealkylation sites (N-methyl/N-ethyl adjacent to an activating group) is 1. The van der Waals surface area contributed by atoms with Crippen LogP contribution in [-0.4, -0.2) is 28.8 Å². The minimum absolute atomic E-state index is 0.0333. The molecule has 0 saturated heterocycles. The van der Waals surface area contributed by atoms with Gasteiger partial charge in [-0.15, -0.1) is 0 Å². The third kappa shape index (κ3) is 3.49. The standard InChI is InChI=1S/C14H24N4O/c1-10-5-4-6-11(2)14(10)17-12-7-16-18(8-12)9-13(19)15-3/h7-8,10-11,14,17H,4-6,9H2,1-3H3,(H,15,19). The maximum absolute atomic E-state index is 11.3. The van der Waals surface area contributed by atoms with Gasteiger partial charge in [-0.25, -0.2) is 0 Å². The zero-order valence-corrected chi connectivity index (χ0v) is 12.0. The number of nitrogens with zero attached hydrogens (tertiary/aromatic N) is 2. The van der Waals surface area contributed by atoms with Gasteiger partial charge in [0.1, 0.15) is 6.54 Å². The van der Waals surface area contributed by atoms with Crippen LogP contribution in [0.4, 0.5) is 5.69 Å². The lowest BCUT2D eigenvalue weighted by Gasteiger charge is -2.35. The summed E-state index contributed by atoms with van der Waals surface area (Å²) >= 11 is 0. The molecule has 0 aromatic carbocycles. The molecular formula is C14H24N4O. The van der Waals surface area contributed by atoms with Crippen molar-refractivity contribution >= 4 is 11.6 Å². The highest BCUT2D eigenvalue weighted by Gasteiger charge is 2.27. The third-order valence-corrected chi connectivity index (χ3v) is 4.10. The average molecular weight is 264 g/mol. The Kier molecular flexibility index (Phi) is 4.45. The van der Waals surface area contributed by atoms with Crippen molar-refractivity contribution in [3.63, 3.8) is 0 Å². The smallest absolute Gasteiger partial charge is 0.241 e. The van der Waals surface area contributed by atoms with Crippen LogP contribution in [0.5, 0.6) is 0 Å². The van der Waals surface area contributed by atoms with Gasteiger partial charge in [-0.2, -0.15) is 5.10 Å². The van der Waals surface area contributed by atoms with Crippen molar-refractivity contribution in [1.82, 2.24) is 15.1 Å². The number of carbonyl (C=O) groups excluding carboxylic acids is 1. The van der Waals surface area contributed by atoms with Crippen LogP contribution in [0, 0.1) is 11.8 Å². The first-order valence-electron chi connectivity index (χ1n) is 7.09. The summed E-state index contributed by atoms with van der Waals surface area (Å²) in [6.07, 6.45) is 7.61. The quantitative estimate of drug-likeness (QED) is 0.872. The second-order valence-corrected chi connectivity index (χ2v) is 5.66. The predicted molar refractivity (Wildman–Crippen MR) is 75.9 cm³/mol. The molecule has 0 spiro atoms. The van der Waals surface area contributed by atoms with Crippen molar-refractivity contribution in [2.75, 3.05) is 12.4 Å². The molecule has 19 heavy (non-hydrogen) atoms. The first-order chi connectivity index (χ1) is 9.10. The summed E-state index contributed by atoms with van der Waals surface area (Å²) in [5, 5.41) is 10.4. The predicted octanol–water partition coefficient (Wildman–Crippen LogP) is 1.87. The van der Waals surface area contributed by atoms with E-state index < -0.39 is 0 Å². The molecule has 2 unspecified atom stereocenters. The Morgan fingerprint density at radius 1 is 1.42 bits per heavy atom. The van der Waals surface area contributed by atoms with Gasteiger partial charge in [0.15, 0.2) is 0 Å². The van der Waals surface area contributed by atoms with Gasteiger partial charge in [0.05, 0.1) is 11.9 Å². The molecule has 2 N–H and O–H groups in total. The van der Waals surface area contributed by atoms with E-state index in [1.807, 2.05) is 6.20 Å². The summed E-state index contributed by atoms with van der Waals surface area (Å²) in [6, 6.07) is 0.506. The van der Waals surface area contributed by atoms with E-state index in [4.69, 9.17) is 0 Å². The lowest BCUT2D eigenvalue weighted by Crippen LogP contribution is -2.36. The van der Waals surface area contributed by atoms with Crippen LogP contribution in [0.2, 0.25) is 0 Å². The van der Waals surface area contributed by atoms with E-state index in [1.165, 1.54) is 19.3 Å². The number of rotatable bonds is 4. The zero-order valence-electron chi connectivity index (χ0n) is 12.0. The monoisotopic (exact) mass is 264 g/mol. The fourth-order valence-electron chi connectivity index (χ4n) is 2.91. The summed E-state index contributed by atoms with van der Waals surface area (Å²) < 4.78 is 1.67. The summed E-state index contributed by atoms with van der Waals surface area (Å²) in [7, 11) is 1.64. The second kappa shape index (κ2) is 6.08. The van der Waals surface area contributed by atoms with Crippen molar-refractivity contribution in [3.05, 3.63) is 12.4 Å². The van der Waals surface area contributed by atoms with Gasteiger partial charge < -0.3 is 10.6 Å². The molecule has 5 nitrogen and oxygen atoms in total. The normalized spacial score (nSPS) is 27.0. The molecule has 106 valence electrons. The minimum Gasteiger partial charge on any atom is -0.379 e. The van der Waals surface area contributed by atoms with Crippen molar-refractivity contribution < 1.29 is 4.79 Å². The fourth-order valence-corrected chi connectivity index (χ4v) is 2.91. The largest absolute Gasteiger partial charge is 0.379 e. The maximum atomic E-state index is 11.3. The molecule has 1 aromatic rings. The first kappa shape index (κ1) is 13.9. The molecule has 0 bridgehead atoms. The molecule has 2 rings (SSSR count). The summed E-state index contributed by atoms with van der Waals surface area (Å²) in [4.78, 5) is 11.3. The van der Waals surface area contributed by atoms with Gasteiger partial charge in [0, 0.05) is 19.3 Å². The summed E-state index contributed by atoms with van der Waals surface area (Å²) in [5.74, 6) is 1.34. The number of amides is 1. The average Bonchev–Trinajstić information content (AvgIpc) is 2.81. The van der Waals surface area contributed by atoms with Crippen molar-refractivity contribution in [2.45, 2.75) is 45.7 Å². The van der Waals surface area contributed by atoms with E-state index in [0.29, 0.717) is 17.9 Å². The van der Waals surface area contributed by atoms with Crippen molar-refractivity contribution in [2.24, 2.45) is 11.8 Å². The van der Waals surface area contributed by atoms with E-state index in [-0.39, 0.29) is 12.5 Å². The van der Waals surface area contributed by atoms with Crippen LogP contribution in [0.1, 0.15) is 33.1 Å². The van der Waals surface area contributed by atoms with E-state index in [1.54, 1.807) is 17.9 Å². The molecule has 5 heteroatoms. The Bertz CT molecular complexity index is 419. The van der Waals surface area contributed by atoms with Gasteiger partial charge in [0.25, 0.3) is 0 Å². The number of aromatic nitrogens is 2. The molecule has 0 radical (unpaired) electrons. The molecule has 1 aliphatic carbocycles. The Morgan fingerprint density at radius 3 is 2.74 bits per heavy atom. The van der Waals surface area contributed by atoms with Crippen LogP contribution in [0.15, 0.2) is 12.4 Å². The van der Waals surface area contributed by atoms with Crippen LogP contribution < -0.4 is 10.6 Å². The third-order valence-electron chi connectivity index (χ3n) is 4.10. The van der Waals surface area contributed by atoms with Gasteiger partial charge in [-0.1, -0.05) is 20.3 Å². The number of hydrogen-bond donors (Lipinski definition) is 2. The van der Waals surface area contributed by atoms with Gasteiger partial charge >= 0.3 is 0 Å². The fraction of sp³-hybridized carbons (Fsp3) is 0.714. The Labute approximate surface area is 114 Å². The molecule has 1 amide bonds. The zero-order chi connectivity index (χ0) is 13.8. The van der Waals surface area contributed by atoms with Gasteiger partial charge in [-0.05, 0) is 24.7 Å². The Hall–Kier alpha value is -1.52. The molecular weight excluding hydrogens is 240 g/mol. The highest BCUT2D eigenvalue weighted by Crippen LogP contribution is 2.31. The van der Waals surface area contributed by atoms with E-state index in [0.717, 1.165) is 5.69 Å². The second-order valence-electron chi connectivity index (χ2n) is 5.66. The molecule has 1 saturated carbocycles. The number of nitrogens with one attached hydrogen (secondary N) is 2. The number of anilines is 1. The highest BCUT2D eigenvalue weighted by molar-refractivity contribution is 5.75. The maximum Gasteiger partial charge on any atom is 0.241 e. The number of carbonyl (C=O) groups is 1. The van der Waals surface area contributed by atoms with Crippen molar-refractivity contribution in [1.29, 1.82) is 0 Å². The minimum atomic E-state index is -0.0333. The molecule has 1 fully saturated rings. The SMILES string of the molecule is CNC(=O)Cn1cc(NC2C(C)CCCC2C)cn1. The van der Waals surface area contributed by atoms with E-state index >= 15 is 0 Å². The van der Waals surface area contributed by atoms with Crippen LogP contribution in [0.3, 0.4) is 0 Å². The Balaban J connectivity index is 1.97. The van der Waals surface area contributed by atoms with Crippen LogP contribution in [-0.2, 0) is 11.3 Å². The van der Waals surface area contributed by atoms with E-state index in [2.05, 4.69) is 29.6 Å². The lowest BCUT2D eigenvalue weighted by atomic mass is 9.78. The first-order valence-corrected chi connectivity index (χ1v) is 7.09. The summed E-state index contributed by atoms with van der Waals surface area (Å²) in [5.41, 5.74) is 1.01. The van der Waals surface area contributed by atoms with Crippen LogP contribution in [0.25, 0.3) is 0 Å². The molecule has 1 heterocycles. The van der Waals surface area contributed by atoms with Crippen molar-refractivity contribution in [3.8, 4) is 0 Å². The highest BCUT2D eigenvalue weighted by atomic mass is 16.1. The van der Waals surface area contributed by atoms with Crippen LogP contribution >= 0.6 is 0 Å². The van der Waals surface area contributed by atoms with Gasteiger partial charge in [-0.3, -0.25) is 9.48 Å². The molecule has 1 aromatic heterocycles. The molecule has 2 atom stereocenters. The number of hydrogen-bond acceptors (Lipinski definition) is 3. The van der Waals surface area contributed by atoms with Gasteiger partial charge in [0.2, 0.25) is 5.91 Å². The topological polar surface area (TPSA) is 59.0 Å². The van der Waals surface area contributed by atoms with E-state index in [9.17, 15) is 4.79 Å². The molecule has 0 aliphatic heterocycles. The summed E-state index contributed by atoms with van der Waals surface area (Å²) in [6.45, 7) is 4.89. The Morgan fingerprint density at radius 2 is 2.11 bits per heavy atom. The lowest BCUT2D eigenvalue weighted by molar-refractivity contribution is -0.121. The molecule has 1 aliphatic rings.